The van der Waals surface area contributed by atoms with Gasteiger partial charge in [0.2, 0.25) is 0 Å². The molecule has 0 spiro atoms. The number of hydrogen-bond acceptors (Lipinski definition) is 0. The van der Waals surface area contributed by atoms with Gasteiger partial charge in [-0.15, -0.1) is 0 Å². The van der Waals surface area contributed by atoms with Crippen molar-refractivity contribution in [2.75, 3.05) is 0 Å². The fraction of sp³-hybridized carbons (Fsp3) is 0.667. The maximum absolute atomic E-state index is 2.42. The topological polar surface area (TPSA) is 0 Å². The fourth-order valence-corrected chi connectivity index (χ4v) is 1.34. The fourth-order valence-electron chi connectivity index (χ4n) is 1.34. The minimum absolute atomic E-state index is 0.819. The molecule has 0 aromatic carbocycles. The van der Waals surface area contributed by atoms with E-state index in [0.717, 1.165) is 5.92 Å². The first-order valence-electron chi connectivity index (χ1n) is 5.24. The summed E-state index contributed by atoms with van der Waals surface area (Å²) in [6.45, 7) is 8.47. The van der Waals surface area contributed by atoms with Gasteiger partial charge in [-0.2, -0.15) is 0 Å². The van der Waals surface area contributed by atoms with Crippen molar-refractivity contribution < 1.29 is 0 Å². The highest BCUT2D eigenvalue weighted by atomic mass is 14.1. The summed E-state index contributed by atoms with van der Waals surface area (Å²) in [5.74, 6) is 0.819. The van der Waals surface area contributed by atoms with Crippen LogP contribution in [0.4, 0.5) is 0 Å². The van der Waals surface area contributed by atoms with Gasteiger partial charge in [-0.25, -0.2) is 0 Å². The number of allylic oxidation sites excluding steroid dienone is 4. The van der Waals surface area contributed by atoms with E-state index in [1.54, 1.807) is 0 Å². The molecule has 0 saturated carbocycles. The van der Waals surface area contributed by atoms with Crippen LogP contribution in [0.25, 0.3) is 0 Å². The van der Waals surface area contributed by atoms with Crippen LogP contribution >= 0.6 is 0 Å². The predicted molar refractivity (Wildman–Crippen MR) is 57.3 cm³/mol. The molecule has 0 aliphatic heterocycles. The predicted octanol–water partition coefficient (Wildman–Crippen LogP) is 4.34. The molecular formula is C12H22. The van der Waals surface area contributed by atoms with E-state index in [2.05, 4.69) is 32.1 Å². The van der Waals surface area contributed by atoms with Crippen molar-refractivity contribution in [3.05, 3.63) is 23.8 Å². The zero-order valence-corrected chi connectivity index (χ0v) is 8.93. The summed E-state index contributed by atoms with van der Waals surface area (Å²) in [5, 5.41) is 0. The Bertz CT molecular complexity index is 151. The van der Waals surface area contributed by atoms with Crippen molar-refractivity contribution in [2.24, 2.45) is 5.92 Å². The second-order valence-corrected chi connectivity index (χ2v) is 2.90. The molecule has 1 aliphatic rings. The summed E-state index contributed by atoms with van der Waals surface area (Å²) in [7, 11) is 0. The molecule has 1 unspecified atom stereocenters. The first-order valence-corrected chi connectivity index (χ1v) is 5.24. The molecule has 0 aromatic heterocycles. The Morgan fingerprint density at radius 2 is 2.00 bits per heavy atom. The lowest BCUT2D eigenvalue weighted by molar-refractivity contribution is 0.625. The van der Waals surface area contributed by atoms with Gasteiger partial charge in [-0.05, 0) is 25.2 Å². The van der Waals surface area contributed by atoms with Gasteiger partial charge in [-0.1, -0.05) is 51.5 Å². The van der Waals surface area contributed by atoms with Gasteiger partial charge in [-0.3, -0.25) is 0 Å². The van der Waals surface area contributed by atoms with E-state index >= 15 is 0 Å². The Kier molecular flexibility index (Phi) is 6.84. The van der Waals surface area contributed by atoms with E-state index in [0.29, 0.717) is 0 Å². The number of hydrogen-bond donors (Lipinski definition) is 0. The second-order valence-electron chi connectivity index (χ2n) is 2.90. The average Bonchev–Trinajstić information content (AvgIpc) is 2.21. The van der Waals surface area contributed by atoms with Crippen LogP contribution in [0.1, 0.15) is 47.0 Å². The summed E-state index contributed by atoms with van der Waals surface area (Å²) < 4.78 is 0. The minimum atomic E-state index is 0.819. The highest BCUT2D eigenvalue weighted by molar-refractivity contribution is 5.23. The molecular weight excluding hydrogens is 144 g/mol. The second kappa shape index (κ2) is 7.15. The maximum atomic E-state index is 2.42. The molecule has 0 N–H and O–H groups in total. The van der Waals surface area contributed by atoms with Gasteiger partial charge in [0.25, 0.3) is 0 Å². The maximum Gasteiger partial charge on any atom is -0.0196 e. The van der Waals surface area contributed by atoms with E-state index < -0.39 is 0 Å². The Morgan fingerprint density at radius 1 is 1.33 bits per heavy atom. The molecule has 1 atom stereocenters. The largest absolute Gasteiger partial charge is 0.0837 e. The normalized spacial score (nSPS) is 21.0. The van der Waals surface area contributed by atoms with Crippen LogP contribution in [-0.2, 0) is 0 Å². The van der Waals surface area contributed by atoms with Crippen molar-refractivity contribution in [3.8, 4) is 0 Å². The molecule has 0 aromatic rings. The van der Waals surface area contributed by atoms with Crippen LogP contribution in [0, 0.1) is 5.92 Å². The van der Waals surface area contributed by atoms with Gasteiger partial charge in [0, 0.05) is 0 Å². The first kappa shape index (κ1) is 11.5. The molecule has 0 amide bonds. The first-order chi connectivity index (χ1) is 5.86. The highest BCUT2D eigenvalue weighted by Crippen LogP contribution is 2.20. The minimum Gasteiger partial charge on any atom is -0.0837 e. The van der Waals surface area contributed by atoms with Gasteiger partial charge in [0.05, 0.1) is 0 Å². The molecule has 12 heavy (non-hydrogen) atoms. The Morgan fingerprint density at radius 3 is 2.50 bits per heavy atom. The van der Waals surface area contributed by atoms with E-state index in [-0.39, 0.29) is 0 Å². The van der Waals surface area contributed by atoms with Crippen LogP contribution in [0.5, 0.6) is 0 Å². The van der Waals surface area contributed by atoms with Gasteiger partial charge in [0.15, 0.2) is 0 Å². The van der Waals surface area contributed by atoms with Gasteiger partial charge < -0.3 is 0 Å². The van der Waals surface area contributed by atoms with Crippen molar-refractivity contribution in [1.29, 1.82) is 0 Å². The van der Waals surface area contributed by atoms with Crippen LogP contribution in [0.2, 0.25) is 0 Å². The highest BCUT2D eigenvalue weighted by Gasteiger charge is 2.04. The third kappa shape index (κ3) is 3.75. The van der Waals surface area contributed by atoms with Gasteiger partial charge >= 0.3 is 0 Å². The summed E-state index contributed by atoms with van der Waals surface area (Å²) in [6.07, 6.45) is 10.7. The average molecular weight is 166 g/mol. The van der Waals surface area contributed by atoms with Crippen molar-refractivity contribution in [2.45, 2.75) is 47.0 Å². The van der Waals surface area contributed by atoms with E-state index in [1.165, 1.54) is 24.8 Å². The van der Waals surface area contributed by atoms with Crippen LogP contribution < -0.4 is 0 Å². The van der Waals surface area contributed by atoms with Crippen LogP contribution in [0.15, 0.2) is 23.8 Å². The van der Waals surface area contributed by atoms with Crippen molar-refractivity contribution in [3.63, 3.8) is 0 Å². The lowest BCUT2D eigenvalue weighted by Gasteiger charge is -2.13. The summed E-state index contributed by atoms with van der Waals surface area (Å²) >= 11 is 0. The summed E-state index contributed by atoms with van der Waals surface area (Å²) in [6, 6.07) is 0. The van der Waals surface area contributed by atoms with E-state index in [1.807, 2.05) is 13.8 Å². The van der Waals surface area contributed by atoms with Crippen molar-refractivity contribution in [1.82, 2.24) is 0 Å². The van der Waals surface area contributed by atoms with E-state index in [4.69, 9.17) is 0 Å². The van der Waals surface area contributed by atoms with Crippen molar-refractivity contribution >= 4 is 0 Å². The Labute approximate surface area is 77.4 Å². The van der Waals surface area contributed by atoms with Gasteiger partial charge in [0.1, 0.15) is 0 Å². The third-order valence-corrected chi connectivity index (χ3v) is 2.15. The third-order valence-electron chi connectivity index (χ3n) is 2.15. The molecule has 70 valence electrons. The summed E-state index contributed by atoms with van der Waals surface area (Å²) in [4.78, 5) is 0. The Balaban J connectivity index is 0.000000561. The number of rotatable bonds is 2. The summed E-state index contributed by atoms with van der Waals surface area (Å²) in [5.41, 5.74) is 1.51. The molecule has 0 fully saturated rings. The lowest BCUT2D eigenvalue weighted by Crippen LogP contribution is -1.97. The zero-order chi connectivity index (χ0) is 9.40. The standard InChI is InChI=1S/C10H16.C2H6/c1-3-9-6-5-7-10(4-2)8-9;1-2/h5-6,8,10H,3-4,7H2,1-2H3;1-2H3. The lowest BCUT2D eigenvalue weighted by atomic mass is 9.93. The molecule has 1 aliphatic carbocycles. The monoisotopic (exact) mass is 166 g/mol. The zero-order valence-electron chi connectivity index (χ0n) is 8.93. The molecule has 0 heterocycles. The molecule has 0 radical (unpaired) electrons. The Hall–Kier alpha value is -0.520. The molecule has 0 saturated heterocycles. The van der Waals surface area contributed by atoms with E-state index in [9.17, 15) is 0 Å². The quantitative estimate of drug-likeness (QED) is 0.572. The molecule has 0 bridgehead atoms. The molecule has 1 rings (SSSR count). The smallest absolute Gasteiger partial charge is 0.0196 e. The van der Waals surface area contributed by atoms with Crippen LogP contribution in [0.3, 0.4) is 0 Å². The molecule has 0 heteroatoms. The van der Waals surface area contributed by atoms with Crippen LogP contribution in [-0.4, -0.2) is 0 Å². The SMILES string of the molecule is CC.CCC1=CC(CC)CC=C1. The molecule has 0 nitrogen and oxygen atoms in total.